The predicted molar refractivity (Wildman–Crippen MR) is 131 cm³/mol. The van der Waals surface area contributed by atoms with Gasteiger partial charge in [0.2, 0.25) is 0 Å². The summed E-state index contributed by atoms with van der Waals surface area (Å²) >= 11 is 0. The quantitative estimate of drug-likeness (QED) is 0.205. The van der Waals surface area contributed by atoms with E-state index < -0.39 is 0 Å². The SMILES string of the molecule is CCC(=O)CCOCCOCCOCCOCCCC(=O)OC[C@@H]1[C@@H]2CCc3c(nnn3C)CC[C@@H]21. The van der Waals surface area contributed by atoms with Gasteiger partial charge < -0.3 is 23.7 Å². The summed E-state index contributed by atoms with van der Waals surface area (Å²) in [4.78, 5) is 23.2. The van der Waals surface area contributed by atoms with Crippen molar-refractivity contribution in [2.75, 3.05) is 59.5 Å². The fourth-order valence-electron chi connectivity index (χ4n) is 4.86. The second kappa shape index (κ2) is 16.1. The van der Waals surface area contributed by atoms with Crippen molar-refractivity contribution >= 4 is 11.8 Å². The van der Waals surface area contributed by atoms with Crippen molar-refractivity contribution in [1.82, 2.24) is 15.0 Å². The second-order valence-corrected chi connectivity index (χ2v) is 9.55. The number of rotatable bonds is 19. The van der Waals surface area contributed by atoms with E-state index in [9.17, 15) is 9.59 Å². The lowest BCUT2D eigenvalue weighted by atomic mass is 10.0. The van der Waals surface area contributed by atoms with Crippen LogP contribution < -0.4 is 0 Å². The average Bonchev–Trinajstić information content (AvgIpc) is 3.40. The number of fused-ring (bicyclic) bond motifs is 2. The van der Waals surface area contributed by atoms with Crippen LogP contribution in [-0.4, -0.2) is 86.2 Å². The van der Waals surface area contributed by atoms with Crippen molar-refractivity contribution in [1.29, 1.82) is 0 Å². The van der Waals surface area contributed by atoms with Gasteiger partial charge in [-0.25, -0.2) is 0 Å². The largest absolute Gasteiger partial charge is 0.465 e. The van der Waals surface area contributed by atoms with Crippen molar-refractivity contribution in [2.45, 2.75) is 58.3 Å². The lowest BCUT2D eigenvalue weighted by molar-refractivity contribution is -0.144. The third-order valence-corrected chi connectivity index (χ3v) is 7.10. The van der Waals surface area contributed by atoms with E-state index in [0.29, 0.717) is 103 Å². The summed E-state index contributed by atoms with van der Waals surface area (Å²) in [5.74, 6) is 1.88. The maximum Gasteiger partial charge on any atom is 0.305 e. The van der Waals surface area contributed by atoms with Crippen molar-refractivity contribution in [3.05, 3.63) is 11.4 Å². The first kappa shape index (κ1) is 28.7. The van der Waals surface area contributed by atoms with Gasteiger partial charge in [0.25, 0.3) is 0 Å². The number of ketones is 1. The smallest absolute Gasteiger partial charge is 0.305 e. The normalized spacial score (nSPS) is 20.8. The van der Waals surface area contributed by atoms with Crippen LogP contribution in [0.3, 0.4) is 0 Å². The Labute approximate surface area is 214 Å². The third-order valence-electron chi connectivity index (χ3n) is 7.10. The molecule has 0 aromatic carbocycles. The summed E-state index contributed by atoms with van der Waals surface area (Å²) in [5, 5.41) is 8.44. The highest BCUT2D eigenvalue weighted by molar-refractivity contribution is 5.78. The van der Waals surface area contributed by atoms with E-state index in [2.05, 4.69) is 10.3 Å². The molecule has 3 atom stereocenters. The fourth-order valence-corrected chi connectivity index (χ4v) is 4.86. The van der Waals surface area contributed by atoms with Crippen LogP contribution in [0.15, 0.2) is 0 Å². The maximum atomic E-state index is 12.1. The summed E-state index contributed by atoms with van der Waals surface area (Å²) in [6, 6.07) is 0. The number of carbonyl (C=O) groups excluding carboxylic acids is 2. The minimum absolute atomic E-state index is 0.138. The molecule has 1 aromatic heterocycles. The molecule has 10 heteroatoms. The Bertz CT molecular complexity index is 801. The molecule has 1 heterocycles. The number of nitrogens with zero attached hydrogens (tertiary/aromatic N) is 3. The van der Waals surface area contributed by atoms with E-state index in [1.54, 1.807) is 0 Å². The summed E-state index contributed by atoms with van der Waals surface area (Å²) in [6.45, 7) is 6.29. The summed E-state index contributed by atoms with van der Waals surface area (Å²) < 4.78 is 29.2. The van der Waals surface area contributed by atoms with Crippen LogP contribution in [0.1, 0.15) is 56.8 Å². The number of Topliss-reactive ketones (excluding diaryl/α,β-unsaturated/α-hetero) is 1. The maximum absolute atomic E-state index is 12.1. The zero-order valence-electron chi connectivity index (χ0n) is 22.0. The van der Waals surface area contributed by atoms with E-state index in [0.717, 1.165) is 31.4 Å². The van der Waals surface area contributed by atoms with Crippen LogP contribution >= 0.6 is 0 Å². The van der Waals surface area contributed by atoms with Gasteiger partial charge in [-0.05, 0) is 49.9 Å². The predicted octanol–water partition coefficient (Wildman–Crippen LogP) is 2.32. The molecule has 10 nitrogen and oxygen atoms in total. The molecule has 36 heavy (non-hydrogen) atoms. The zero-order valence-corrected chi connectivity index (χ0v) is 22.0. The molecule has 0 bridgehead atoms. The van der Waals surface area contributed by atoms with Crippen molar-refractivity contribution < 1.29 is 33.3 Å². The molecule has 1 aromatic rings. The highest BCUT2D eigenvalue weighted by Crippen LogP contribution is 2.52. The molecule has 0 radical (unpaired) electrons. The van der Waals surface area contributed by atoms with Gasteiger partial charge in [0.1, 0.15) is 5.78 Å². The van der Waals surface area contributed by atoms with Crippen LogP contribution in [0.5, 0.6) is 0 Å². The second-order valence-electron chi connectivity index (χ2n) is 9.55. The molecule has 0 N–H and O–H groups in total. The molecule has 0 unspecified atom stereocenters. The first-order chi connectivity index (χ1) is 17.6. The Morgan fingerprint density at radius 2 is 1.47 bits per heavy atom. The topological polar surface area (TPSA) is 111 Å². The van der Waals surface area contributed by atoms with Gasteiger partial charge >= 0.3 is 5.97 Å². The van der Waals surface area contributed by atoms with Gasteiger partial charge in [0.05, 0.1) is 64.2 Å². The van der Waals surface area contributed by atoms with Gasteiger partial charge in [-0.15, -0.1) is 5.10 Å². The van der Waals surface area contributed by atoms with Gasteiger partial charge in [-0.3, -0.25) is 14.3 Å². The third kappa shape index (κ3) is 9.88. The first-order valence-electron chi connectivity index (χ1n) is 13.5. The number of hydrogen-bond donors (Lipinski definition) is 0. The minimum Gasteiger partial charge on any atom is -0.465 e. The van der Waals surface area contributed by atoms with E-state index in [4.69, 9.17) is 23.7 Å². The van der Waals surface area contributed by atoms with Gasteiger partial charge in [0.15, 0.2) is 0 Å². The Morgan fingerprint density at radius 1 is 0.861 bits per heavy atom. The summed E-state index contributed by atoms with van der Waals surface area (Å²) in [5.41, 5.74) is 2.39. The number of aromatic nitrogens is 3. The Hall–Kier alpha value is -1.88. The first-order valence-corrected chi connectivity index (χ1v) is 13.5. The Morgan fingerprint density at radius 3 is 2.14 bits per heavy atom. The van der Waals surface area contributed by atoms with Gasteiger partial charge in [0, 0.05) is 32.9 Å². The average molecular weight is 510 g/mol. The lowest BCUT2D eigenvalue weighted by Crippen LogP contribution is -2.13. The van der Waals surface area contributed by atoms with Crippen LogP contribution in [0.2, 0.25) is 0 Å². The summed E-state index contributed by atoms with van der Waals surface area (Å²) in [7, 11) is 1.96. The van der Waals surface area contributed by atoms with E-state index in [1.807, 2.05) is 18.7 Å². The van der Waals surface area contributed by atoms with Crippen LogP contribution in [0.4, 0.5) is 0 Å². The van der Waals surface area contributed by atoms with Crippen LogP contribution in [-0.2, 0) is 53.2 Å². The number of ether oxygens (including phenoxy) is 5. The van der Waals surface area contributed by atoms with E-state index >= 15 is 0 Å². The monoisotopic (exact) mass is 509 g/mol. The van der Waals surface area contributed by atoms with E-state index in [1.165, 1.54) is 5.69 Å². The Kier molecular flexibility index (Phi) is 12.8. The molecule has 2 aliphatic carbocycles. The number of aryl methyl sites for hydroxylation is 2. The molecule has 204 valence electrons. The molecule has 1 saturated carbocycles. The number of carbonyl (C=O) groups is 2. The zero-order chi connectivity index (χ0) is 25.6. The summed E-state index contributed by atoms with van der Waals surface area (Å²) in [6.07, 6.45) is 6.27. The molecule has 2 aliphatic rings. The van der Waals surface area contributed by atoms with Crippen LogP contribution in [0.25, 0.3) is 0 Å². The standard InChI is InChI=1S/C26H43N3O7/c1-3-20(30)10-12-33-14-16-35-18-17-34-15-13-32-11-4-5-26(31)36-19-23-21-6-8-24-25(9-7-22(21)23)29(2)28-27-24/h21-23H,3-19H2,1-2H3/t21-,22+,23-/m0/s1. The number of hydrogen-bond acceptors (Lipinski definition) is 9. The van der Waals surface area contributed by atoms with Crippen molar-refractivity contribution in [2.24, 2.45) is 24.8 Å². The number of esters is 1. The van der Waals surface area contributed by atoms with Crippen molar-refractivity contribution in [3.8, 4) is 0 Å². The van der Waals surface area contributed by atoms with Crippen molar-refractivity contribution in [3.63, 3.8) is 0 Å². The molecule has 3 rings (SSSR count). The fraction of sp³-hybridized carbons (Fsp3) is 0.846. The van der Waals surface area contributed by atoms with Crippen LogP contribution in [0, 0.1) is 17.8 Å². The van der Waals surface area contributed by atoms with E-state index in [-0.39, 0.29) is 11.8 Å². The molecule has 0 aliphatic heterocycles. The molecule has 0 spiro atoms. The van der Waals surface area contributed by atoms with Gasteiger partial charge in [-0.2, -0.15) is 0 Å². The molecule has 0 saturated heterocycles. The lowest BCUT2D eigenvalue weighted by Gasteiger charge is -2.08. The molecule has 0 amide bonds. The molecular formula is C26H43N3O7. The minimum atomic E-state index is -0.138. The highest BCUT2D eigenvalue weighted by Gasteiger charge is 2.50. The highest BCUT2D eigenvalue weighted by atomic mass is 16.6. The molecule has 1 fully saturated rings. The Balaban J connectivity index is 1.07. The molecular weight excluding hydrogens is 466 g/mol. The van der Waals surface area contributed by atoms with Gasteiger partial charge in [-0.1, -0.05) is 12.1 Å².